The Hall–Kier alpha value is -2.28. The van der Waals surface area contributed by atoms with Crippen LogP contribution in [0.15, 0.2) is 40.9 Å². The normalized spacial score (nSPS) is 10.6. The SMILES string of the molecule is Cc1noc(-c2ccc(C(=O)NNc3c(Cl)cc(Cl)cc3Cl)cc2)n1. The van der Waals surface area contributed by atoms with E-state index in [1.165, 1.54) is 12.1 Å². The first kappa shape index (κ1) is 17.5. The Morgan fingerprint density at radius 3 is 2.28 bits per heavy atom. The summed E-state index contributed by atoms with van der Waals surface area (Å²) < 4.78 is 5.08. The lowest BCUT2D eigenvalue weighted by Gasteiger charge is -2.12. The van der Waals surface area contributed by atoms with Crippen molar-refractivity contribution in [2.24, 2.45) is 0 Å². The van der Waals surface area contributed by atoms with Gasteiger partial charge in [-0.3, -0.25) is 15.6 Å². The van der Waals surface area contributed by atoms with Gasteiger partial charge in [0.25, 0.3) is 11.8 Å². The molecule has 0 aliphatic carbocycles. The average Bonchev–Trinajstić information content (AvgIpc) is 3.00. The standard InChI is InChI=1S/C16H11Cl3N4O2/c1-8-20-16(25-23-8)10-4-2-9(3-5-10)15(24)22-21-14-12(18)6-11(17)7-13(14)19/h2-7,21H,1H3,(H,22,24). The Kier molecular flexibility index (Phi) is 5.13. The lowest BCUT2D eigenvalue weighted by Crippen LogP contribution is -2.29. The quantitative estimate of drug-likeness (QED) is 0.620. The third kappa shape index (κ3) is 4.04. The Morgan fingerprint density at radius 1 is 1.08 bits per heavy atom. The van der Waals surface area contributed by atoms with Crippen molar-refractivity contribution in [2.75, 3.05) is 5.43 Å². The van der Waals surface area contributed by atoms with Crippen LogP contribution in [0.1, 0.15) is 16.2 Å². The first-order valence-corrected chi connectivity index (χ1v) is 8.19. The molecule has 2 N–H and O–H groups in total. The fourth-order valence-corrected chi connectivity index (χ4v) is 2.94. The molecule has 128 valence electrons. The number of nitrogens with one attached hydrogen (secondary N) is 2. The van der Waals surface area contributed by atoms with Crippen LogP contribution in [0.25, 0.3) is 11.5 Å². The Balaban J connectivity index is 1.70. The van der Waals surface area contributed by atoms with Crippen molar-refractivity contribution >= 4 is 46.4 Å². The number of anilines is 1. The van der Waals surface area contributed by atoms with E-state index in [0.29, 0.717) is 43.6 Å². The topological polar surface area (TPSA) is 80.0 Å². The van der Waals surface area contributed by atoms with E-state index in [0.717, 1.165) is 0 Å². The summed E-state index contributed by atoms with van der Waals surface area (Å²) in [5.41, 5.74) is 6.72. The second-order valence-corrected chi connectivity index (χ2v) is 6.30. The zero-order valence-corrected chi connectivity index (χ0v) is 15.1. The van der Waals surface area contributed by atoms with E-state index in [1.54, 1.807) is 31.2 Å². The highest BCUT2D eigenvalue weighted by Crippen LogP contribution is 2.33. The van der Waals surface area contributed by atoms with Crippen LogP contribution in [0.3, 0.4) is 0 Å². The summed E-state index contributed by atoms with van der Waals surface area (Å²) in [6.07, 6.45) is 0. The Labute approximate surface area is 158 Å². The van der Waals surface area contributed by atoms with Crippen molar-refractivity contribution in [3.05, 3.63) is 62.9 Å². The second kappa shape index (κ2) is 7.31. The number of aromatic nitrogens is 2. The summed E-state index contributed by atoms with van der Waals surface area (Å²) in [7, 11) is 0. The van der Waals surface area contributed by atoms with Crippen molar-refractivity contribution in [1.29, 1.82) is 0 Å². The third-order valence-electron chi connectivity index (χ3n) is 3.23. The summed E-state index contributed by atoms with van der Waals surface area (Å²) in [5, 5.41) is 4.71. The zero-order chi connectivity index (χ0) is 18.0. The molecule has 0 bridgehead atoms. The van der Waals surface area contributed by atoms with Crippen LogP contribution in [0, 0.1) is 6.92 Å². The fourth-order valence-electron chi connectivity index (χ4n) is 2.03. The van der Waals surface area contributed by atoms with Crippen molar-refractivity contribution < 1.29 is 9.32 Å². The molecule has 9 heteroatoms. The van der Waals surface area contributed by atoms with Crippen molar-refractivity contribution in [2.45, 2.75) is 6.92 Å². The van der Waals surface area contributed by atoms with Crippen molar-refractivity contribution in [1.82, 2.24) is 15.6 Å². The third-order valence-corrected chi connectivity index (χ3v) is 4.04. The number of halogens is 3. The molecule has 0 radical (unpaired) electrons. The number of rotatable bonds is 4. The number of benzene rings is 2. The molecule has 2 aromatic carbocycles. The predicted molar refractivity (Wildman–Crippen MR) is 97.0 cm³/mol. The maximum Gasteiger partial charge on any atom is 0.269 e. The lowest BCUT2D eigenvalue weighted by molar-refractivity contribution is 0.0962. The molecular formula is C16H11Cl3N4O2. The van der Waals surface area contributed by atoms with E-state index >= 15 is 0 Å². The number of nitrogens with zero attached hydrogens (tertiary/aromatic N) is 2. The van der Waals surface area contributed by atoms with Crippen molar-refractivity contribution in [3.8, 4) is 11.5 Å². The average molecular weight is 398 g/mol. The van der Waals surface area contributed by atoms with Crippen LogP contribution < -0.4 is 10.9 Å². The van der Waals surface area contributed by atoms with Gasteiger partial charge in [0.05, 0.1) is 15.7 Å². The molecule has 0 atom stereocenters. The van der Waals surface area contributed by atoms with Crippen LogP contribution in [0.2, 0.25) is 15.1 Å². The fraction of sp³-hybridized carbons (Fsp3) is 0.0625. The molecular weight excluding hydrogens is 387 g/mol. The Bertz CT molecular complexity index is 902. The van der Waals surface area contributed by atoms with E-state index < -0.39 is 0 Å². The van der Waals surface area contributed by atoms with Crippen LogP contribution >= 0.6 is 34.8 Å². The first-order valence-electron chi connectivity index (χ1n) is 7.05. The van der Waals surface area contributed by atoms with Gasteiger partial charge in [-0.25, -0.2) is 0 Å². The number of carbonyl (C=O) groups is 1. The van der Waals surface area contributed by atoms with Gasteiger partial charge in [0, 0.05) is 16.1 Å². The van der Waals surface area contributed by atoms with Gasteiger partial charge in [-0.1, -0.05) is 40.0 Å². The summed E-state index contributed by atoms with van der Waals surface area (Å²) in [5.74, 6) is 0.565. The monoisotopic (exact) mass is 396 g/mol. The molecule has 1 heterocycles. The molecule has 1 aromatic heterocycles. The molecule has 25 heavy (non-hydrogen) atoms. The minimum atomic E-state index is -0.365. The molecule has 0 spiro atoms. The molecule has 6 nitrogen and oxygen atoms in total. The van der Waals surface area contributed by atoms with Gasteiger partial charge in [0.1, 0.15) is 0 Å². The minimum absolute atomic E-state index is 0.292. The van der Waals surface area contributed by atoms with Gasteiger partial charge in [-0.05, 0) is 43.3 Å². The summed E-state index contributed by atoms with van der Waals surface area (Å²) in [6.45, 7) is 1.73. The first-order chi connectivity index (χ1) is 11.9. The lowest BCUT2D eigenvalue weighted by atomic mass is 10.1. The number of carbonyl (C=O) groups excluding carboxylic acids is 1. The molecule has 3 rings (SSSR count). The molecule has 1 amide bonds. The van der Waals surface area contributed by atoms with Gasteiger partial charge >= 0.3 is 0 Å². The molecule has 3 aromatic rings. The summed E-state index contributed by atoms with van der Waals surface area (Å²) in [6, 6.07) is 9.73. The highest BCUT2D eigenvalue weighted by Gasteiger charge is 2.11. The van der Waals surface area contributed by atoms with Gasteiger partial charge in [-0.2, -0.15) is 4.98 Å². The van der Waals surface area contributed by atoms with E-state index in [2.05, 4.69) is 21.0 Å². The summed E-state index contributed by atoms with van der Waals surface area (Å²) in [4.78, 5) is 16.3. The largest absolute Gasteiger partial charge is 0.334 e. The number of amides is 1. The molecule has 0 aliphatic rings. The molecule has 0 saturated heterocycles. The predicted octanol–water partition coefficient (Wildman–Crippen LogP) is 4.76. The van der Waals surface area contributed by atoms with Gasteiger partial charge < -0.3 is 4.52 Å². The van der Waals surface area contributed by atoms with Crippen LogP contribution in [-0.4, -0.2) is 16.0 Å². The maximum atomic E-state index is 12.2. The smallest absolute Gasteiger partial charge is 0.269 e. The van der Waals surface area contributed by atoms with Crippen LogP contribution in [0.4, 0.5) is 5.69 Å². The Morgan fingerprint density at radius 2 is 1.72 bits per heavy atom. The van der Waals surface area contributed by atoms with Gasteiger partial charge in [0.15, 0.2) is 5.82 Å². The van der Waals surface area contributed by atoms with E-state index in [1.807, 2.05) is 0 Å². The molecule has 0 saturated carbocycles. The van der Waals surface area contributed by atoms with E-state index in [-0.39, 0.29) is 5.91 Å². The van der Waals surface area contributed by atoms with Gasteiger partial charge in [0.2, 0.25) is 0 Å². The second-order valence-electron chi connectivity index (χ2n) is 5.05. The van der Waals surface area contributed by atoms with E-state index in [4.69, 9.17) is 39.3 Å². The van der Waals surface area contributed by atoms with Gasteiger partial charge in [-0.15, -0.1) is 0 Å². The number of hydrazine groups is 1. The number of hydrogen-bond donors (Lipinski definition) is 2. The zero-order valence-electron chi connectivity index (χ0n) is 12.8. The van der Waals surface area contributed by atoms with E-state index in [9.17, 15) is 4.79 Å². The summed E-state index contributed by atoms with van der Waals surface area (Å²) >= 11 is 17.9. The highest BCUT2D eigenvalue weighted by atomic mass is 35.5. The highest BCUT2D eigenvalue weighted by molar-refractivity contribution is 6.41. The van der Waals surface area contributed by atoms with Crippen LogP contribution in [0.5, 0.6) is 0 Å². The molecule has 0 aliphatic heterocycles. The molecule has 0 fully saturated rings. The number of aryl methyl sites for hydroxylation is 1. The molecule has 0 unspecified atom stereocenters. The maximum absolute atomic E-state index is 12.2. The number of hydrogen-bond acceptors (Lipinski definition) is 5. The van der Waals surface area contributed by atoms with Crippen LogP contribution in [-0.2, 0) is 0 Å². The van der Waals surface area contributed by atoms with Crippen molar-refractivity contribution in [3.63, 3.8) is 0 Å². The minimum Gasteiger partial charge on any atom is -0.334 e.